The van der Waals surface area contributed by atoms with Crippen molar-refractivity contribution in [1.29, 1.82) is 0 Å². The Kier molecular flexibility index (Phi) is 5.57. The predicted molar refractivity (Wildman–Crippen MR) is 104 cm³/mol. The SMILES string of the molecule is CCCc1ccc(OC(C)=NC2=C(C)C(C)(C)CCC2(C)C)cc1. The zero-order valence-electron chi connectivity index (χ0n) is 16.5. The van der Waals surface area contributed by atoms with Crippen molar-refractivity contribution in [2.24, 2.45) is 15.8 Å². The van der Waals surface area contributed by atoms with Gasteiger partial charge in [0.1, 0.15) is 5.75 Å². The lowest BCUT2D eigenvalue weighted by molar-refractivity contribution is 0.259. The molecule has 1 aliphatic rings. The van der Waals surface area contributed by atoms with Crippen LogP contribution in [0.25, 0.3) is 0 Å². The van der Waals surface area contributed by atoms with Gasteiger partial charge in [0, 0.05) is 18.0 Å². The summed E-state index contributed by atoms with van der Waals surface area (Å²) >= 11 is 0. The van der Waals surface area contributed by atoms with E-state index in [4.69, 9.17) is 9.73 Å². The van der Waals surface area contributed by atoms with Crippen molar-refractivity contribution in [2.45, 2.75) is 74.1 Å². The zero-order chi connectivity index (χ0) is 18.0. The van der Waals surface area contributed by atoms with Crippen LogP contribution < -0.4 is 4.74 Å². The van der Waals surface area contributed by atoms with Crippen molar-refractivity contribution in [3.05, 3.63) is 41.1 Å². The molecule has 0 amide bonds. The highest BCUT2D eigenvalue weighted by Gasteiger charge is 2.37. The molecule has 0 radical (unpaired) electrons. The number of aryl methyl sites for hydroxylation is 1. The molecule has 24 heavy (non-hydrogen) atoms. The van der Waals surface area contributed by atoms with Crippen molar-refractivity contribution >= 4 is 5.90 Å². The molecular weight excluding hydrogens is 294 g/mol. The standard InChI is InChI=1S/C22H33NO/c1-8-9-18-10-12-19(13-11-18)24-17(3)23-20-16(2)21(4,5)14-15-22(20,6)7/h10-13H,8-9,14-15H2,1-7H3. The van der Waals surface area contributed by atoms with Crippen LogP contribution in [0.5, 0.6) is 5.75 Å². The summed E-state index contributed by atoms with van der Waals surface area (Å²) in [5, 5.41) is 0. The highest BCUT2D eigenvalue weighted by Crippen LogP contribution is 2.49. The second-order valence-electron chi connectivity index (χ2n) is 8.37. The van der Waals surface area contributed by atoms with Gasteiger partial charge in [0.2, 0.25) is 0 Å². The van der Waals surface area contributed by atoms with Crippen LogP contribution in [0.2, 0.25) is 0 Å². The number of benzene rings is 1. The van der Waals surface area contributed by atoms with E-state index < -0.39 is 0 Å². The van der Waals surface area contributed by atoms with E-state index >= 15 is 0 Å². The van der Waals surface area contributed by atoms with E-state index in [2.05, 4.69) is 53.7 Å². The topological polar surface area (TPSA) is 21.6 Å². The smallest absolute Gasteiger partial charge is 0.191 e. The molecule has 0 saturated carbocycles. The Morgan fingerprint density at radius 2 is 1.62 bits per heavy atom. The van der Waals surface area contributed by atoms with Gasteiger partial charge in [-0.1, -0.05) is 53.2 Å². The fraction of sp³-hybridized carbons (Fsp3) is 0.591. The average Bonchev–Trinajstić information content (AvgIpc) is 2.51. The molecule has 0 bridgehead atoms. The van der Waals surface area contributed by atoms with E-state index in [1.165, 1.54) is 29.7 Å². The fourth-order valence-electron chi connectivity index (χ4n) is 3.36. The maximum atomic E-state index is 5.98. The van der Waals surface area contributed by atoms with Gasteiger partial charge in [0.05, 0.1) is 0 Å². The third kappa shape index (κ3) is 4.28. The van der Waals surface area contributed by atoms with Gasteiger partial charge in [-0.2, -0.15) is 0 Å². The Hall–Kier alpha value is -1.57. The maximum Gasteiger partial charge on any atom is 0.191 e. The lowest BCUT2D eigenvalue weighted by atomic mass is 9.66. The van der Waals surface area contributed by atoms with Gasteiger partial charge in [-0.05, 0) is 54.9 Å². The molecule has 2 heteroatoms. The van der Waals surface area contributed by atoms with Crippen molar-refractivity contribution in [3.8, 4) is 5.75 Å². The molecule has 0 heterocycles. The summed E-state index contributed by atoms with van der Waals surface area (Å²) < 4.78 is 5.98. The molecule has 1 aliphatic carbocycles. The van der Waals surface area contributed by atoms with Crippen molar-refractivity contribution in [3.63, 3.8) is 0 Å². The molecule has 0 atom stereocenters. The lowest BCUT2D eigenvalue weighted by Crippen LogP contribution is -2.29. The largest absolute Gasteiger partial charge is 0.443 e. The Bertz CT molecular complexity index is 632. The number of allylic oxidation sites excluding steroid dienone is 2. The van der Waals surface area contributed by atoms with Crippen LogP contribution in [0.4, 0.5) is 0 Å². The molecule has 0 unspecified atom stereocenters. The minimum atomic E-state index is 0.106. The molecule has 0 N–H and O–H groups in total. The first-order valence-corrected chi connectivity index (χ1v) is 9.19. The van der Waals surface area contributed by atoms with E-state index in [1.54, 1.807) is 0 Å². The average molecular weight is 328 g/mol. The van der Waals surface area contributed by atoms with E-state index in [-0.39, 0.29) is 10.8 Å². The van der Waals surface area contributed by atoms with E-state index in [0.717, 1.165) is 24.5 Å². The van der Waals surface area contributed by atoms with Crippen LogP contribution in [0.1, 0.15) is 73.3 Å². The number of nitrogens with zero attached hydrogens (tertiary/aromatic N) is 1. The molecule has 0 fully saturated rings. The minimum Gasteiger partial charge on any atom is -0.443 e. The molecule has 1 aromatic rings. The summed E-state index contributed by atoms with van der Waals surface area (Å²) in [5.74, 6) is 1.58. The van der Waals surface area contributed by atoms with Crippen LogP contribution in [0.15, 0.2) is 40.5 Å². The first-order valence-electron chi connectivity index (χ1n) is 9.19. The third-order valence-corrected chi connectivity index (χ3v) is 5.38. The number of aliphatic imine (C=N–C) groups is 1. The molecular formula is C22H33NO. The highest BCUT2D eigenvalue weighted by molar-refractivity contribution is 5.77. The Labute approximate surface area is 148 Å². The molecule has 1 aromatic carbocycles. The summed E-state index contributed by atoms with van der Waals surface area (Å²) in [7, 11) is 0. The first kappa shape index (κ1) is 18.8. The van der Waals surface area contributed by atoms with Crippen molar-refractivity contribution < 1.29 is 4.74 Å². The lowest BCUT2D eigenvalue weighted by Gasteiger charge is -2.41. The Balaban J connectivity index is 2.22. The first-order chi connectivity index (χ1) is 11.2. The van der Waals surface area contributed by atoms with Crippen LogP contribution in [0.3, 0.4) is 0 Å². The minimum absolute atomic E-state index is 0.106. The van der Waals surface area contributed by atoms with Crippen molar-refractivity contribution in [2.75, 3.05) is 0 Å². The normalized spacial score (nSPS) is 20.2. The highest BCUT2D eigenvalue weighted by atomic mass is 16.5. The quantitative estimate of drug-likeness (QED) is 0.453. The Morgan fingerprint density at radius 1 is 1.04 bits per heavy atom. The number of ether oxygens (including phenoxy) is 1. The number of hydrogen-bond acceptors (Lipinski definition) is 2. The second kappa shape index (κ2) is 7.13. The van der Waals surface area contributed by atoms with E-state index in [0.29, 0.717) is 0 Å². The third-order valence-electron chi connectivity index (χ3n) is 5.38. The van der Waals surface area contributed by atoms with Crippen LogP contribution in [-0.4, -0.2) is 5.90 Å². The zero-order valence-corrected chi connectivity index (χ0v) is 16.5. The molecule has 0 spiro atoms. The van der Waals surface area contributed by atoms with Gasteiger partial charge in [0.15, 0.2) is 5.90 Å². The molecule has 132 valence electrons. The van der Waals surface area contributed by atoms with Gasteiger partial charge >= 0.3 is 0 Å². The molecule has 0 aliphatic heterocycles. The van der Waals surface area contributed by atoms with Crippen LogP contribution in [-0.2, 0) is 6.42 Å². The summed E-state index contributed by atoms with van der Waals surface area (Å²) in [6.07, 6.45) is 4.65. The molecule has 0 aromatic heterocycles. The number of hydrogen-bond donors (Lipinski definition) is 0. The van der Waals surface area contributed by atoms with Gasteiger partial charge in [-0.25, -0.2) is 4.99 Å². The van der Waals surface area contributed by atoms with Gasteiger partial charge < -0.3 is 4.74 Å². The van der Waals surface area contributed by atoms with Gasteiger partial charge in [-0.3, -0.25) is 0 Å². The van der Waals surface area contributed by atoms with E-state index in [9.17, 15) is 0 Å². The monoisotopic (exact) mass is 327 g/mol. The molecule has 2 rings (SSSR count). The summed E-state index contributed by atoms with van der Waals surface area (Å²) in [6, 6.07) is 8.37. The predicted octanol–water partition coefficient (Wildman–Crippen LogP) is 6.56. The number of rotatable bonds is 4. The second-order valence-corrected chi connectivity index (χ2v) is 8.37. The fourth-order valence-corrected chi connectivity index (χ4v) is 3.36. The van der Waals surface area contributed by atoms with Crippen molar-refractivity contribution in [1.82, 2.24) is 0 Å². The van der Waals surface area contributed by atoms with Gasteiger partial charge in [0.25, 0.3) is 0 Å². The summed E-state index contributed by atoms with van der Waals surface area (Å²) in [4.78, 5) is 4.89. The Morgan fingerprint density at radius 3 is 2.21 bits per heavy atom. The molecule has 2 nitrogen and oxygen atoms in total. The van der Waals surface area contributed by atoms with Gasteiger partial charge in [-0.15, -0.1) is 0 Å². The van der Waals surface area contributed by atoms with Crippen LogP contribution in [0, 0.1) is 10.8 Å². The molecule has 0 saturated heterocycles. The maximum absolute atomic E-state index is 5.98. The van der Waals surface area contributed by atoms with E-state index in [1.807, 2.05) is 19.1 Å². The summed E-state index contributed by atoms with van der Waals surface area (Å²) in [5.41, 5.74) is 4.26. The van der Waals surface area contributed by atoms with Crippen LogP contribution >= 0.6 is 0 Å². The summed E-state index contributed by atoms with van der Waals surface area (Å²) in [6.45, 7) is 15.6.